The molecular weight excluding hydrogens is 344 g/mol. The number of hydrogen-bond acceptors (Lipinski definition) is 5. The number of hydrogen-bond donors (Lipinski definition) is 1. The van der Waals surface area contributed by atoms with E-state index in [9.17, 15) is 10.1 Å². The summed E-state index contributed by atoms with van der Waals surface area (Å²) in [6.45, 7) is 0.0140. The van der Waals surface area contributed by atoms with Gasteiger partial charge in [-0.05, 0) is 12.8 Å². The second kappa shape index (κ2) is 6.76. The molecule has 1 amide bonds. The zero-order valence-corrected chi connectivity index (χ0v) is 15.1. The van der Waals surface area contributed by atoms with Crippen LogP contribution in [0.1, 0.15) is 37.3 Å². The maximum Gasteiger partial charge on any atom is 0.239 e. The van der Waals surface area contributed by atoms with Crippen LogP contribution in [0.3, 0.4) is 0 Å². The van der Waals surface area contributed by atoms with E-state index in [2.05, 4.69) is 26.9 Å². The maximum atomic E-state index is 11.2. The Hall–Kier alpha value is -3.34. The van der Waals surface area contributed by atoms with E-state index < -0.39 is 5.91 Å². The first-order valence-corrected chi connectivity index (χ1v) is 8.91. The van der Waals surface area contributed by atoms with Gasteiger partial charge in [-0.2, -0.15) is 10.4 Å². The Morgan fingerprint density at radius 1 is 1.37 bits per heavy atom. The quantitative estimate of drug-likeness (QED) is 0.747. The van der Waals surface area contributed by atoms with E-state index in [1.54, 1.807) is 25.7 Å². The number of nitrogens with zero attached hydrogens (tertiary/aromatic N) is 5. The SMILES string of the molecule is COc1ncc(C#N)c2c1c(-c1cnn(CC(N)=O)c1)cn2C1CCCC1. The molecule has 0 unspecified atom stereocenters. The van der Waals surface area contributed by atoms with Crippen molar-refractivity contribution in [2.75, 3.05) is 7.11 Å². The predicted molar refractivity (Wildman–Crippen MR) is 98.9 cm³/mol. The number of ether oxygens (including phenoxy) is 1. The Morgan fingerprint density at radius 2 is 2.15 bits per heavy atom. The maximum absolute atomic E-state index is 11.2. The Morgan fingerprint density at radius 3 is 2.81 bits per heavy atom. The van der Waals surface area contributed by atoms with Gasteiger partial charge < -0.3 is 15.0 Å². The van der Waals surface area contributed by atoms with Crippen molar-refractivity contribution in [1.29, 1.82) is 5.26 Å². The molecule has 0 aliphatic heterocycles. The third-order valence-electron chi connectivity index (χ3n) is 5.11. The number of primary amides is 1. The van der Waals surface area contributed by atoms with Gasteiger partial charge in [0.25, 0.3) is 0 Å². The van der Waals surface area contributed by atoms with Crippen molar-refractivity contribution < 1.29 is 9.53 Å². The van der Waals surface area contributed by atoms with Crippen molar-refractivity contribution >= 4 is 16.8 Å². The van der Waals surface area contributed by atoms with E-state index in [-0.39, 0.29) is 6.54 Å². The molecule has 1 aliphatic carbocycles. The molecule has 1 fully saturated rings. The smallest absolute Gasteiger partial charge is 0.239 e. The van der Waals surface area contributed by atoms with Crippen LogP contribution in [0.2, 0.25) is 0 Å². The molecule has 138 valence electrons. The van der Waals surface area contributed by atoms with Crippen LogP contribution in [0.15, 0.2) is 24.8 Å². The average molecular weight is 364 g/mol. The van der Waals surface area contributed by atoms with Gasteiger partial charge >= 0.3 is 0 Å². The van der Waals surface area contributed by atoms with Crippen LogP contribution in [-0.4, -0.2) is 32.3 Å². The number of carbonyl (C=O) groups is 1. The van der Waals surface area contributed by atoms with Gasteiger partial charge in [-0.3, -0.25) is 9.48 Å². The highest BCUT2D eigenvalue weighted by molar-refractivity contribution is 6.01. The highest BCUT2D eigenvalue weighted by Crippen LogP contribution is 2.41. The van der Waals surface area contributed by atoms with E-state index in [4.69, 9.17) is 10.5 Å². The predicted octanol–water partition coefficient (Wildman–Crippen LogP) is 2.38. The Bertz CT molecular complexity index is 1050. The molecule has 27 heavy (non-hydrogen) atoms. The number of carbonyl (C=O) groups excluding carboxylic acids is 1. The Kier molecular flexibility index (Phi) is 4.28. The van der Waals surface area contributed by atoms with Crippen molar-refractivity contribution in [3.05, 3.63) is 30.4 Å². The minimum Gasteiger partial charge on any atom is -0.480 e. The van der Waals surface area contributed by atoms with Crippen molar-refractivity contribution in [2.24, 2.45) is 5.73 Å². The van der Waals surface area contributed by atoms with E-state index in [0.29, 0.717) is 17.5 Å². The van der Waals surface area contributed by atoms with E-state index in [0.717, 1.165) is 34.9 Å². The first kappa shape index (κ1) is 17.1. The number of aromatic nitrogens is 4. The molecule has 2 N–H and O–H groups in total. The summed E-state index contributed by atoms with van der Waals surface area (Å²) in [7, 11) is 1.57. The van der Waals surface area contributed by atoms with Crippen molar-refractivity contribution in [3.63, 3.8) is 0 Å². The molecule has 0 radical (unpaired) electrons. The van der Waals surface area contributed by atoms with Crippen LogP contribution in [0.5, 0.6) is 5.88 Å². The summed E-state index contributed by atoms with van der Waals surface area (Å²) < 4.78 is 9.19. The summed E-state index contributed by atoms with van der Waals surface area (Å²) in [5.41, 5.74) is 8.34. The summed E-state index contributed by atoms with van der Waals surface area (Å²) in [6, 6.07) is 2.61. The van der Waals surface area contributed by atoms with Crippen molar-refractivity contribution in [3.8, 4) is 23.1 Å². The first-order valence-electron chi connectivity index (χ1n) is 8.91. The molecule has 0 spiro atoms. The fourth-order valence-corrected chi connectivity index (χ4v) is 3.94. The van der Waals surface area contributed by atoms with E-state index >= 15 is 0 Å². The van der Waals surface area contributed by atoms with Gasteiger partial charge in [-0.1, -0.05) is 12.8 Å². The van der Waals surface area contributed by atoms with Gasteiger partial charge in [0, 0.05) is 29.6 Å². The average Bonchev–Trinajstić information content (AvgIpc) is 3.39. The van der Waals surface area contributed by atoms with Crippen molar-refractivity contribution in [1.82, 2.24) is 19.3 Å². The van der Waals surface area contributed by atoms with Crippen LogP contribution in [0.4, 0.5) is 0 Å². The summed E-state index contributed by atoms with van der Waals surface area (Å²) in [5, 5.41) is 14.7. The van der Waals surface area contributed by atoms with Crippen LogP contribution >= 0.6 is 0 Å². The van der Waals surface area contributed by atoms with Crippen LogP contribution in [-0.2, 0) is 11.3 Å². The molecule has 8 heteroatoms. The number of fused-ring (bicyclic) bond motifs is 1. The molecule has 3 aromatic rings. The third kappa shape index (κ3) is 2.91. The standard InChI is InChI=1S/C19H20N6O2/c1-27-19-17-15(13-8-23-24(9-13)11-16(21)26)10-25(14-4-2-3-5-14)18(17)12(6-20)7-22-19/h7-10,14H,2-5,11H2,1H3,(H2,21,26). The molecule has 1 saturated carbocycles. The van der Waals surface area contributed by atoms with E-state index in [1.807, 2.05) is 0 Å². The third-order valence-corrected chi connectivity index (χ3v) is 5.11. The lowest BCUT2D eigenvalue weighted by Gasteiger charge is -2.14. The summed E-state index contributed by atoms with van der Waals surface area (Å²) in [4.78, 5) is 15.5. The lowest BCUT2D eigenvalue weighted by atomic mass is 10.1. The fourth-order valence-electron chi connectivity index (χ4n) is 3.94. The zero-order valence-electron chi connectivity index (χ0n) is 15.1. The Balaban J connectivity index is 1.96. The molecule has 8 nitrogen and oxygen atoms in total. The fraction of sp³-hybridized carbons (Fsp3) is 0.368. The highest BCUT2D eigenvalue weighted by Gasteiger charge is 2.25. The van der Waals surface area contributed by atoms with Gasteiger partial charge in [-0.25, -0.2) is 4.98 Å². The van der Waals surface area contributed by atoms with Gasteiger partial charge in [0.15, 0.2) is 0 Å². The monoisotopic (exact) mass is 364 g/mol. The van der Waals surface area contributed by atoms with Gasteiger partial charge in [-0.15, -0.1) is 0 Å². The molecule has 0 bridgehead atoms. The lowest BCUT2D eigenvalue weighted by molar-refractivity contribution is -0.118. The molecule has 0 atom stereocenters. The highest BCUT2D eigenvalue weighted by atomic mass is 16.5. The number of amides is 1. The van der Waals surface area contributed by atoms with Crippen molar-refractivity contribution in [2.45, 2.75) is 38.3 Å². The summed E-state index contributed by atoms with van der Waals surface area (Å²) >= 11 is 0. The summed E-state index contributed by atoms with van der Waals surface area (Å²) in [5.74, 6) is 0.0162. The largest absolute Gasteiger partial charge is 0.480 e. The second-order valence-corrected chi connectivity index (χ2v) is 6.80. The van der Waals surface area contributed by atoms with Gasteiger partial charge in [0.1, 0.15) is 12.6 Å². The zero-order chi connectivity index (χ0) is 19.0. The number of nitriles is 1. The minimum absolute atomic E-state index is 0.0140. The Labute approximate surface area is 156 Å². The molecule has 0 saturated heterocycles. The number of methoxy groups -OCH3 is 1. The van der Waals surface area contributed by atoms with Gasteiger partial charge in [0.05, 0.1) is 36.0 Å². The minimum atomic E-state index is -0.455. The number of pyridine rings is 1. The molecule has 4 rings (SSSR count). The molecule has 3 heterocycles. The van der Waals surface area contributed by atoms with Crippen LogP contribution in [0, 0.1) is 11.3 Å². The molecule has 1 aliphatic rings. The molecule has 0 aromatic carbocycles. The van der Waals surface area contributed by atoms with E-state index in [1.165, 1.54) is 17.5 Å². The lowest BCUT2D eigenvalue weighted by Crippen LogP contribution is -2.18. The summed E-state index contributed by atoms with van der Waals surface area (Å²) in [6.07, 6.45) is 11.6. The first-order chi connectivity index (χ1) is 13.1. The molecule has 3 aromatic heterocycles. The number of rotatable bonds is 5. The van der Waals surface area contributed by atoms with Crippen LogP contribution in [0.25, 0.3) is 22.0 Å². The normalized spacial score (nSPS) is 14.5. The molecular formula is C19H20N6O2. The number of nitrogens with two attached hydrogens (primary N) is 1. The second-order valence-electron chi connectivity index (χ2n) is 6.80. The van der Waals surface area contributed by atoms with Gasteiger partial charge in [0.2, 0.25) is 11.8 Å². The van der Waals surface area contributed by atoms with Crippen LogP contribution < -0.4 is 10.5 Å². The topological polar surface area (TPSA) is 112 Å².